The van der Waals surface area contributed by atoms with Gasteiger partial charge in [0.15, 0.2) is 0 Å². The van der Waals surface area contributed by atoms with Crippen LogP contribution in [0, 0.1) is 11.6 Å². The highest BCUT2D eigenvalue weighted by atomic mass is 35.5. The van der Waals surface area contributed by atoms with Gasteiger partial charge in [-0.25, -0.2) is 17.2 Å². The van der Waals surface area contributed by atoms with Crippen LogP contribution in [0.5, 0.6) is 0 Å². The Morgan fingerprint density at radius 3 is 2.14 bits per heavy atom. The topological polar surface area (TPSA) is 75.3 Å². The molecule has 0 aliphatic rings. The molecule has 0 aromatic heterocycles. The summed E-state index contributed by atoms with van der Waals surface area (Å²) in [5.41, 5.74) is -0.0468. The zero-order valence-corrected chi connectivity index (χ0v) is 16.7. The van der Waals surface area contributed by atoms with Crippen molar-refractivity contribution in [2.24, 2.45) is 0 Å². The van der Waals surface area contributed by atoms with E-state index in [2.05, 4.69) is 10.0 Å². The fourth-order valence-electron chi connectivity index (χ4n) is 2.34. The van der Waals surface area contributed by atoms with E-state index in [1.54, 1.807) is 0 Å². The van der Waals surface area contributed by atoms with E-state index < -0.39 is 27.6 Å². The first kappa shape index (κ1) is 21.0. The third-order valence-electron chi connectivity index (χ3n) is 3.78. The number of nitrogens with one attached hydrogen (secondary N) is 2. The van der Waals surface area contributed by atoms with E-state index in [0.717, 1.165) is 30.3 Å². The smallest absolute Gasteiger partial charge is 0.262 e. The average Bonchev–Trinajstić information content (AvgIpc) is 2.66. The Hall–Kier alpha value is -2.68. The molecule has 0 fully saturated rings. The number of benzene rings is 3. The summed E-state index contributed by atoms with van der Waals surface area (Å²) in [5.74, 6) is -2.16. The molecule has 3 aromatic carbocycles. The molecule has 2 N–H and O–H groups in total. The van der Waals surface area contributed by atoms with Crippen LogP contribution in [0.3, 0.4) is 0 Å². The van der Waals surface area contributed by atoms with E-state index >= 15 is 0 Å². The number of amides is 1. The molecule has 0 atom stereocenters. The number of anilines is 2. The quantitative estimate of drug-likeness (QED) is 0.544. The summed E-state index contributed by atoms with van der Waals surface area (Å²) in [4.78, 5) is 11.7. The van der Waals surface area contributed by atoms with Crippen molar-refractivity contribution in [1.29, 1.82) is 0 Å². The van der Waals surface area contributed by atoms with E-state index in [9.17, 15) is 22.0 Å². The lowest BCUT2D eigenvalue weighted by molar-refractivity contribution is 0.102. The molecule has 0 bridgehead atoms. The van der Waals surface area contributed by atoms with E-state index in [-0.39, 0.29) is 26.9 Å². The zero-order valence-electron chi connectivity index (χ0n) is 14.4. The molecule has 0 spiro atoms. The number of halogens is 4. The van der Waals surface area contributed by atoms with Crippen LogP contribution in [0.2, 0.25) is 10.0 Å². The SMILES string of the molecule is O=C(Nc1ccc(S(=O)(=O)Nc2ccc(Cl)cc2Cl)cc1F)c1ccc(F)cc1. The third kappa shape index (κ3) is 5.03. The van der Waals surface area contributed by atoms with Gasteiger partial charge in [-0.3, -0.25) is 9.52 Å². The highest BCUT2D eigenvalue weighted by Crippen LogP contribution is 2.28. The average molecular weight is 457 g/mol. The minimum atomic E-state index is -4.15. The maximum absolute atomic E-state index is 14.4. The first-order valence-corrected chi connectivity index (χ1v) is 10.2. The Balaban J connectivity index is 1.80. The van der Waals surface area contributed by atoms with Crippen molar-refractivity contribution in [3.05, 3.63) is 87.9 Å². The second kappa shape index (κ2) is 8.36. The van der Waals surface area contributed by atoms with Gasteiger partial charge in [-0.15, -0.1) is 0 Å². The number of hydrogen-bond acceptors (Lipinski definition) is 3. The van der Waals surface area contributed by atoms with Crippen LogP contribution < -0.4 is 10.0 Å². The van der Waals surface area contributed by atoms with Gasteiger partial charge in [-0.2, -0.15) is 0 Å². The minimum Gasteiger partial charge on any atom is -0.319 e. The summed E-state index contributed by atoms with van der Waals surface area (Å²) < 4.78 is 54.5. The highest BCUT2D eigenvalue weighted by Gasteiger charge is 2.19. The van der Waals surface area contributed by atoms with Crippen LogP contribution in [-0.4, -0.2) is 14.3 Å². The molecule has 3 rings (SSSR count). The lowest BCUT2D eigenvalue weighted by atomic mass is 10.2. The fourth-order valence-corrected chi connectivity index (χ4v) is 3.94. The van der Waals surface area contributed by atoms with Crippen molar-refractivity contribution in [2.45, 2.75) is 4.90 Å². The van der Waals surface area contributed by atoms with Crippen LogP contribution in [0.15, 0.2) is 65.6 Å². The van der Waals surface area contributed by atoms with E-state index in [1.165, 1.54) is 30.3 Å². The lowest BCUT2D eigenvalue weighted by Gasteiger charge is -2.12. The second-order valence-corrected chi connectivity index (χ2v) is 8.36. The van der Waals surface area contributed by atoms with Crippen molar-refractivity contribution in [3.63, 3.8) is 0 Å². The minimum absolute atomic E-state index is 0.0738. The van der Waals surface area contributed by atoms with Crippen LogP contribution in [0.1, 0.15) is 10.4 Å². The van der Waals surface area contributed by atoms with Gasteiger partial charge in [0.2, 0.25) is 0 Å². The first-order chi connectivity index (χ1) is 13.7. The maximum Gasteiger partial charge on any atom is 0.262 e. The van der Waals surface area contributed by atoms with Crippen molar-refractivity contribution < 1.29 is 22.0 Å². The molecule has 0 saturated heterocycles. The number of carbonyl (C=O) groups excluding carboxylic acids is 1. The molecule has 5 nitrogen and oxygen atoms in total. The molecule has 0 aliphatic heterocycles. The summed E-state index contributed by atoms with van der Waals surface area (Å²) in [6, 6.07) is 11.8. The molecule has 0 unspecified atom stereocenters. The van der Waals surface area contributed by atoms with Gasteiger partial charge in [0.25, 0.3) is 15.9 Å². The maximum atomic E-state index is 14.4. The largest absolute Gasteiger partial charge is 0.319 e. The van der Waals surface area contributed by atoms with Crippen molar-refractivity contribution in [2.75, 3.05) is 10.0 Å². The molecule has 3 aromatic rings. The Kier molecular flexibility index (Phi) is 6.07. The van der Waals surface area contributed by atoms with Crippen LogP contribution >= 0.6 is 23.2 Å². The van der Waals surface area contributed by atoms with Gasteiger partial charge in [-0.05, 0) is 60.7 Å². The van der Waals surface area contributed by atoms with Gasteiger partial charge < -0.3 is 5.32 Å². The standard InChI is InChI=1S/C19H12Cl2F2N2O3S/c20-12-3-7-17(15(21)9-12)25-29(27,28)14-6-8-18(16(23)10-14)24-19(26)11-1-4-13(22)5-2-11/h1-10,25H,(H,24,26). The summed E-state index contributed by atoms with van der Waals surface area (Å²) in [6.45, 7) is 0. The van der Waals surface area contributed by atoms with Gasteiger partial charge in [0.05, 0.1) is 21.3 Å². The second-order valence-electron chi connectivity index (χ2n) is 5.83. The molecule has 150 valence electrons. The molecule has 1 amide bonds. The third-order valence-corrected chi connectivity index (χ3v) is 5.69. The van der Waals surface area contributed by atoms with Crippen LogP contribution in [0.25, 0.3) is 0 Å². The number of sulfonamides is 1. The van der Waals surface area contributed by atoms with Crippen molar-refractivity contribution in [1.82, 2.24) is 0 Å². The Bertz CT molecular complexity index is 1190. The highest BCUT2D eigenvalue weighted by molar-refractivity contribution is 7.92. The van der Waals surface area contributed by atoms with Gasteiger partial charge >= 0.3 is 0 Å². The molecule has 0 heterocycles. The van der Waals surface area contributed by atoms with E-state index in [1.807, 2.05) is 0 Å². The van der Waals surface area contributed by atoms with Gasteiger partial charge in [0.1, 0.15) is 11.6 Å². The van der Waals surface area contributed by atoms with Crippen molar-refractivity contribution in [3.8, 4) is 0 Å². The molecule has 0 aliphatic carbocycles. The summed E-state index contributed by atoms with van der Waals surface area (Å²) >= 11 is 11.7. The van der Waals surface area contributed by atoms with Gasteiger partial charge in [0, 0.05) is 10.6 Å². The fraction of sp³-hybridized carbons (Fsp3) is 0. The Morgan fingerprint density at radius 2 is 1.52 bits per heavy atom. The summed E-state index contributed by atoms with van der Waals surface area (Å²) in [7, 11) is -4.15. The summed E-state index contributed by atoms with van der Waals surface area (Å²) in [6.07, 6.45) is 0. The van der Waals surface area contributed by atoms with E-state index in [4.69, 9.17) is 23.2 Å². The molecule has 0 radical (unpaired) electrons. The number of hydrogen-bond donors (Lipinski definition) is 2. The molecule has 10 heteroatoms. The molecule has 0 saturated carbocycles. The molecular formula is C19H12Cl2F2N2O3S. The Labute approximate surface area is 175 Å². The zero-order chi connectivity index (χ0) is 21.2. The molecule has 29 heavy (non-hydrogen) atoms. The monoisotopic (exact) mass is 456 g/mol. The van der Waals surface area contributed by atoms with Crippen LogP contribution in [-0.2, 0) is 10.0 Å². The normalized spacial score (nSPS) is 11.2. The van der Waals surface area contributed by atoms with Crippen LogP contribution in [0.4, 0.5) is 20.2 Å². The van der Waals surface area contributed by atoms with Crippen molar-refractivity contribution >= 4 is 50.5 Å². The molecular weight excluding hydrogens is 445 g/mol. The predicted octanol–water partition coefficient (Wildman–Crippen LogP) is 5.32. The number of carbonyl (C=O) groups is 1. The Morgan fingerprint density at radius 1 is 0.862 bits per heavy atom. The van der Waals surface area contributed by atoms with Gasteiger partial charge in [-0.1, -0.05) is 23.2 Å². The first-order valence-electron chi connectivity index (χ1n) is 8.00. The lowest BCUT2D eigenvalue weighted by Crippen LogP contribution is -2.15. The number of rotatable bonds is 5. The summed E-state index contributed by atoms with van der Waals surface area (Å²) in [5, 5.41) is 2.70. The predicted molar refractivity (Wildman–Crippen MR) is 108 cm³/mol. The van der Waals surface area contributed by atoms with E-state index in [0.29, 0.717) is 5.02 Å².